The molecule has 5 heteroatoms. The van der Waals surface area contributed by atoms with E-state index in [1.54, 1.807) is 0 Å². The molecular formula is C8H12O4S. The molecule has 4 nitrogen and oxygen atoms in total. The number of Topliss-reactive ketones (excluding diaryl/α,β-unsaturated/α-hetero) is 1. The van der Waals surface area contributed by atoms with E-state index >= 15 is 0 Å². The third-order valence-corrected chi connectivity index (χ3v) is 3.95. The molecule has 1 aliphatic carbocycles. The highest BCUT2D eigenvalue weighted by Crippen LogP contribution is 2.38. The van der Waals surface area contributed by atoms with Crippen LogP contribution in [0, 0.1) is 0 Å². The van der Waals surface area contributed by atoms with Gasteiger partial charge in [-0.1, -0.05) is 19.3 Å². The first-order chi connectivity index (χ1) is 6.04. The van der Waals surface area contributed by atoms with Crippen LogP contribution in [0.1, 0.15) is 32.1 Å². The van der Waals surface area contributed by atoms with Crippen LogP contribution in [0.15, 0.2) is 0 Å². The number of hydrogen-bond acceptors (Lipinski definition) is 4. The van der Waals surface area contributed by atoms with Gasteiger partial charge in [0.25, 0.3) is 10.1 Å². The zero-order valence-corrected chi connectivity index (χ0v) is 8.10. The minimum atomic E-state index is -3.55. The molecule has 13 heavy (non-hydrogen) atoms. The Hall–Kier alpha value is -0.420. The molecule has 0 amide bonds. The number of carbonyl (C=O) groups excluding carboxylic acids is 1. The van der Waals surface area contributed by atoms with Crippen molar-refractivity contribution in [1.29, 1.82) is 0 Å². The van der Waals surface area contributed by atoms with Crippen molar-refractivity contribution >= 4 is 15.9 Å². The van der Waals surface area contributed by atoms with E-state index in [9.17, 15) is 13.2 Å². The molecule has 0 radical (unpaired) electrons. The third kappa shape index (κ3) is 1.50. The zero-order valence-electron chi connectivity index (χ0n) is 7.28. The van der Waals surface area contributed by atoms with Crippen LogP contribution in [0.4, 0.5) is 0 Å². The van der Waals surface area contributed by atoms with E-state index in [1.165, 1.54) is 0 Å². The Morgan fingerprint density at radius 1 is 1.15 bits per heavy atom. The SMILES string of the molecule is O=C1CS(=O)(=O)OC12CCCCC2. The molecule has 0 aromatic heterocycles. The van der Waals surface area contributed by atoms with Gasteiger partial charge in [0.15, 0.2) is 5.78 Å². The molecule has 1 saturated carbocycles. The molecule has 1 saturated heterocycles. The van der Waals surface area contributed by atoms with Crippen LogP contribution in [0.5, 0.6) is 0 Å². The minimum Gasteiger partial charge on any atom is -0.295 e. The first-order valence-electron chi connectivity index (χ1n) is 4.51. The monoisotopic (exact) mass is 204 g/mol. The number of hydrogen-bond donors (Lipinski definition) is 0. The maximum atomic E-state index is 11.5. The summed E-state index contributed by atoms with van der Waals surface area (Å²) in [5.41, 5.74) is -0.961. The summed E-state index contributed by atoms with van der Waals surface area (Å²) in [4.78, 5) is 11.5. The first kappa shape index (κ1) is 9.15. The van der Waals surface area contributed by atoms with E-state index < -0.39 is 21.5 Å². The molecule has 0 atom stereocenters. The molecule has 0 bridgehead atoms. The van der Waals surface area contributed by atoms with Crippen molar-refractivity contribution < 1.29 is 17.4 Å². The average molecular weight is 204 g/mol. The fourth-order valence-electron chi connectivity index (χ4n) is 2.10. The summed E-state index contributed by atoms with van der Waals surface area (Å²) < 4.78 is 27.1. The van der Waals surface area contributed by atoms with Crippen molar-refractivity contribution in [1.82, 2.24) is 0 Å². The van der Waals surface area contributed by atoms with Gasteiger partial charge in [-0.05, 0) is 12.8 Å². The summed E-state index contributed by atoms with van der Waals surface area (Å²) in [7, 11) is -3.55. The summed E-state index contributed by atoms with van der Waals surface area (Å²) in [6.07, 6.45) is 4.00. The lowest BCUT2D eigenvalue weighted by Crippen LogP contribution is -2.38. The van der Waals surface area contributed by atoms with Gasteiger partial charge in [-0.2, -0.15) is 8.42 Å². The summed E-state index contributed by atoms with van der Waals surface area (Å²) >= 11 is 0. The molecule has 2 rings (SSSR count). The maximum Gasteiger partial charge on any atom is 0.275 e. The van der Waals surface area contributed by atoms with Crippen molar-refractivity contribution in [3.05, 3.63) is 0 Å². The largest absolute Gasteiger partial charge is 0.295 e. The number of rotatable bonds is 0. The molecule has 1 spiro atoms. The average Bonchev–Trinajstić information content (AvgIpc) is 2.23. The minimum absolute atomic E-state index is 0.243. The van der Waals surface area contributed by atoms with Gasteiger partial charge in [-0.25, -0.2) is 0 Å². The lowest BCUT2D eigenvalue weighted by atomic mass is 9.82. The van der Waals surface area contributed by atoms with E-state index in [0.29, 0.717) is 12.8 Å². The van der Waals surface area contributed by atoms with Crippen LogP contribution in [0.25, 0.3) is 0 Å². The third-order valence-electron chi connectivity index (χ3n) is 2.76. The number of carbonyl (C=O) groups is 1. The maximum absolute atomic E-state index is 11.5. The molecule has 74 valence electrons. The summed E-state index contributed by atoms with van der Waals surface area (Å²) in [6, 6.07) is 0. The van der Waals surface area contributed by atoms with Gasteiger partial charge in [0.05, 0.1) is 0 Å². The van der Waals surface area contributed by atoms with Crippen LogP contribution >= 0.6 is 0 Å². The highest BCUT2D eigenvalue weighted by atomic mass is 32.2. The van der Waals surface area contributed by atoms with Gasteiger partial charge in [0.1, 0.15) is 11.4 Å². The van der Waals surface area contributed by atoms with Crippen LogP contribution < -0.4 is 0 Å². The van der Waals surface area contributed by atoms with E-state index in [0.717, 1.165) is 19.3 Å². The molecule has 0 N–H and O–H groups in total. The van der Waals surface area contributed by atoms with Crippen LogP contribution in [0.2, 0.25) is 0 Å². The fraction of sp³-hybridized carbons (Fsp3) is 0.875. The highest BCUT2D eigenvalue weighted by molar-refractivity contribution is 7.88. The van der Waals surface area contributed by atoms with Crippen molar-refractivity contribution in [2.45, 2.75) is 37.7 Å². The van der Waals surface area contributed by atoms with E-state index in [4.69, 9.17) is 4.18 Å². The van der Waals surface area contributed by atoms with Gasteiger partial charge in [0, 0.05) is 0 Å². The molecule has 2 fully saturated rings. The summed E-state index contributed by atoms with van der Waals surface area (Å²) in [6.45, 7) is 0. The van der Waals surface area contributed by atoms with Crippen LogP contribution in [0.3, 0.4) is 0 Å². The molecule has 0 unspecified atom stereocenters. The molecular weight excluding hydrogens is 192 g/mol. The Kier molecular flexibility index (Phi) is 1.96. The first-order valence-corrected chi connectivity index (χ1v) is 6.08. The predicted molar refractivity (Wildman–Crippen MR) is 45.7 cm³/mol. The van der Waals surface area contributed by atoms with Gasteiger partial charge >= 0.3 is 0 Å². The van der Waals surface area contributed by atoms with Gasteiger partial charge in [0.2, 0.25) is 0 Å². The van der Waals surface area contributed by atoms with E-state index in [-0.39, 0.29) is 5.78 Å². The topological polar surface area (TPSA) is 60.4 Å². The normalized spacial score (nSPS) is 30.9. The van der Waals surface area contributed by atoms with Crippen molar-refractivity contribution in [2.24, 2.45) is 0 Å². The fourth-order valence-corrected chi connectivity index (χ4v) is 3.48. The van der Waals surface area contributed by atoms with Crippen molar-refractivity contribution in [3.8, 4) is 0 Å². The summed E-state index contributed by atoms with van der Waals surface area (Å²) in [5.74, 6) is -0.667. The highest BCUT2D eigenvalue weighted by Gasteiger charge is 2.51. The summed E-state index contributed by atoms with van der Waals surface area (Å²) in [5, 5.41) is 0. The Morgan fingerprint density at radius 3 is 2.23 bits per heavy atom. The van der Waals surface area contributed by atoms with Gasteiger partial charge in [-0.3, -0.25) is 8.98 Å². The Labute approximate surface area is 77.4 Å². The van der Waals surface area contributed by atoms with E-state index in [1.807, 2.05) is 0 Å². The second kappa shape index (κ2) is 2.78. The quantitative estimate of drug-likeness (QED) is 0.543. The van der Waals surface area contributed by atoms with Gasteiger partial charge in [-0.15, -0.1) is 0 Å². The van der Waals surface area contributed by atoms with Crippen LogP contribution in [-0.2, 0) is 19.1 Å². The Bertz CT molecular complexity index is 324. The Balaban J connectivity index is 2.28. The van der Waals surface area contributed by atoms with Crippen LogP contribution in [-0.4, -0.2) is 25.6 Å². The second-order valence-corrected chi connectivity index (χ2v) is 5.33. The molecule has 2 aliphatic rings. The lowest BCUT2D eigenvalue weighted by Gasteiger charge is -2.28. The number of ketones is 1. The second-order valence-electron chi connectivity index (χ2n) is 3.76. The van der Waals surface area contributed by atoms with Crippen molar-refractivity contribution in [3.63, 3.8) is 0 Å². The lowest BCUT2D eigenvalue weighted by molar-refractivity contribution is -0.130. The molecule has 1 aliphatic heterocycles. The van der Waals surface area contributed by atoms with E-state index in [2.05, 4.69) is 0 Å². The smallest absolute Gasteiger partial charge is 0.275 e. The predicted octanol–water partition coefficient (Wildman–Crippen LogP) is 0.618. The standard InChI is InChI=1S/C8H12O4S/c9-7-6-13(10,11)12-8(7)4-2-1-3-5-8/h1-6H2. The molecule has 1 heterocycles. The van der Waals surface area contributed by atoms with Crippen molar-refractivity contribution in [2.75, 3.05) is 5.75 Å². The Morgan fingerprint density at radius 2 is 1.77 bits per heavy atom. The van der Waals surface area contributed by atoms with Gasteiger partial charge < -0.3 is 0 Å². The molecule has 0 aromatic rings. The molecule has 0 aromatic carbocycles. The zero-order chi connectivity index (χ0) is 9.53.